The van der Waals surface area contributed by atoms with Crippen LogP contribution in [0.3, 0.4) is 0 Å². The zero-order valence-corrected chi connectivity index (χ0v) is 12.9. The average molecular weight is 331 g/mol. The summed E-state index contributed by atoms with van der Waals surface area (Å²) in [6.45, 7) is 3.67. The van der Waals surface area contributed by atoms with Gasteiger partial charge in [0.15, 0.2) is 0 Å². The Kier molecular flexibility index (Phi) is 6.41. The first kappa shape index (κ1) is 18.8. The monoisotopic (exact) mass is 331 g/mol. The molecule has 8 heteroatoms. The molecule has 0 unspecified atom stereocenters. The lowest BCUT2D eigenvalue weighted by Gasteiger charge is -2.19. The van der Waals surface area contributed by atoms with Crippen LogP contribution in [0.4, 0.5) is 18.0 Å². The Bertz CT molecular complexity index is 559. The second-order valence-corrected chi connectivity index (χ2v) is 5.61. The topological polar surface area (TPSA) is 84.2 Å². The van der Waals surface area contributed by atoms with Crippen LogP contribution in [-0.2, 0) is 17.5 Å². The SMILES string of the molecule is CC(C)C[C@@H](NC(N)=O)C(=O)NCc1cccc(C(F)(F)F)c1. The average Bonchev–Trinajstić information content (AvgIpc) is 2.42. The molecule has 0 saturated heterocycles. The lowest BCUT2D eigenvalue weighted by atomic mass is 10.0. The number of halogens is 3. The van der Waals surface area contributed by atoms with Gasteiger partial charge in [-0.15, -0.1) is 0 Å². The number of carbonyl (C=O) groups excluding carboxylic acids is 2. The van der Waals surface area contributed by atoms with E-state index in [-0.39, 0.29) is 12.5 Å². The number of amides is 3. The number of alkyl halides is 3. The maximum atomic E-state index is 12.6. The smallest absolute Gasteiger partial charge is 0.352 e. The van der Waals surface area contributed by atoms with Crippen molar-refractivity contribution in [3.63, 3.8) is 0 Å². The van der Waals surface area contributed by atoms with Crippen molar-refractivity contribution in [3.05, 3.63) is 35.4 Å². The predicted octanol–water partition coefficient (Wildman–Crippen LogP) is 2.40. The number of urea groups is 1. The fourth-order valence-electron chi connectivity index (χ4n) is 2.04. The fourth-order valence-corrected chi connectivity index (χ4v) is 2.04. The highest BCUT2D eigenvalue weighted by Crippen LogP contribution is 2.29. The Morgan fingerprint density at radius 2 is 1.91 bits per heavy atom. The number of nitrogens with one attached hydrogen (secondary N) is 2. The Hall–Kier alpha value is -2.25. The maximum absolute atomic E-state index is 12.6. The Morgan fingerprint density at radius 3 is 2.43 bits per heavy atom. The highest BCUT2D eigenvalue weighted by molar-refractivity contribution is 5.86. The summed E-state index contributed by atoms with van der Waals surface area (Å²) >= 11 is 0. The molecule has 4 N–H and O–H groups in total. The molecule has 0 radical (unpaired) electrons. The van der Waals surface area contributed by atoms with Crippen LogP contribution in [0.15, 0.2) is 24.3 Å². The van der Waals surface area contributed by atoms with Crippen LogP contribution in [0, 0.1) is 5.92 Å². The van der Waals surface area contributed by atoms with Crippen molar-refractivity contribution >= 4 is 11.9 Å². The second-order valence-electron chi connectivity index (χ2n) is 5.61. The molecule has 1 atom stereocenters. The van der Waals surface area contributed by atoms with E-state index in [2.05, 4.69) is 10.6 Å². The Labute approximate surface area is 132 Å². The number of hydrogen-bond donors (Lipinski definition) is 3. The molecule has 0 aromatic heterocycles. The van der Waals surface area contributed by atoms with E-state index < -0.39 is 29.7 Å². The van der Waals surface area contributed by atoms with Gasteiger partial charge < -0.3 is 16.4 Å². The van der Waals surface area contributed by atoms with E-state index in [1.807, 2.05) is 13.8 Å². The van der Waals surface area contributed by atoms with Crippen molar-refractivity contribution in [2.45, 2.75) is 39.0 Å². The van der Waals surface area contributed by atoms with Gasteiger partial charge in [0.1, 0.15) is 6.04 Å². The van der Waals surface area contributed by atoms with Gasteiger partial charge in [0.25, 0.3) is 0 Å². The van der Waals surface area contributed by atoms with Crippen LogP contribution in [0.1, 0.15) is 31.4 Å². The van der Waals surface area contributed by atoms with Gasteiger partial charge in [-0.05, 0) is 30.0 Å². The molecule has 0 aliphatic rings. The number of primary amides is 1. The normalized spacial score (nSPS) is 12.8. The minimum atomic E-state index is -4.44. The molecule has 0 aliphatic heterocycles. The first-order valence-electron chi connectivity index (χ1n) is 7.09. The van der Waals surface area contributed by atoms with Gasteiger partial charge in [-0.1, -0.05) is 26.0 Å². The number of carbonyl (C=O) groups is 2. The van der Waals surface area contributed by atoms with E-state index in [0.717, 1.165) is 12.1 Å². The first-order valence-corrected chi connectivity index (χ1v) is 7.09. The van der Waals surface area contributed by atoms with E-state index in [4.69, 9.17) is 5.73 Å². The molecule has 0 bridgehead atoms. The van der Waals surface area contributed by atoms with Gasteiger partial charge >= 0.3 is 12.2 Å². The summed E-state index contributed by atoms with van der Waals surface area (Å²) in [4.78, 5) is 23.0. The van der Waals surface area contributed by atoms with Crippen molar-refractivity contribution in [2.75, 3.05) is 0 Å². The summed E-state index contributed by atoms with van der Waals surface area (Å²) in [6, 6.07) is 3.04. The van der Waals surface area contributed by atoms with Gasteiger partial charge in [0, 0.05) is 6.54 Å². The van der Waals surface area contributed by atoms with Crippen LogP contribution in [0.25, 0.3) is 0 Å². The fraction of sp³-hybridized carbons (Fsp3) is 0.467. The van der Waals surface area contributed by atoms with E-state index >= 15 is 0 Å². The van der Waals surface area contributed by atoms with Crippen molar-refractivity contribution < 1.29 is 22.8 Å². The van der Waals surface area contributed by atoms with Crippen molar-refractivity contribution in [1.29, 1.82) is 0 Å². The van der Waals surface area contributed by atoms with Crippen LogP contribution in [0.2, 0.25) is 0 Å². The molecular weight excluding hydrogens is 311 g/mol. The third-order valence-corrected chi connectivity index (χ3v) is 3.06. The summed E-state index contributed by atoms with van der Waals surface area (Å²) in [6.07, 6.45) is -4.06. The van der Waals surface area contributed by atoms with Crippen molar-refractivity contribution in [1.82, 2.24) is 10.6 Å². The van der Waals surface area contributed by atoms with Crippen LogP contribution in [0.5, 0.6) is 0 Å². The summed E-state index contributed by atoms with van der Waals surface area (Å²) < 4.78 is 37.9. The third kappa shape index (κ3) is 6.58. The summed E-state index contributed by atoms with van der Waals surface area (Å²) in [7, 11) is 0. The molecule has 0 heterocycles. The number of nitrogens with two attached hydrogens (primary N) is 1. The molecular formula is C15H20F3N3O2. The molecule has 0 fully saturated rings. The molecule has 1 rings (SSSR count). The van der Waals surface area contributed by atoms with Crippen molar-refractivity contribution in [2.24, 2.45) is 11.7 Å². The predicted molar refractivity (Wildman–Crippen MR) is 79.3 cm³/mol. The summed E-state index contributed by atoms with van der Waals surface area (Å²) in [5.41, 5.74) is 4.56. The van der Waals surface area contributed by atoms with Gasteiger partial charge in [0.2, 0.25) is 5.91 Å². The maximum Gasteiger partial charge on any atom is 0.416 e. The first-order chi connectivity index (χ1) is 10.6. The molecule has 0 saturated carbocycles. The molecule has 0 spiro atoms. The van der Waals surface area contributed by atoms with Gasteiger partial charge in [0.05, 0.1) is 5.56 Å². The zero-order valence-electron chi connectivity index (χ0n) is 12.9. The number of benzene rings is 1. The zero-order chi connectivity index (χ0) is 17.6. The van der Waals surface area contributed by atoms with Crippen molar-refractivity contribution in [3.8, 4) is 0 Å². The molecule has 3 amide bonds. The highest BCUT2D eigenvalue weighted by Gasteiger charge is 2.30. The van der Waals surface area contributed by atoms with Crippen LogP contribution >= 0.6 is 0 Å². The van der Waals surface area contributed by atoms with E-state index in [1.165, 1.54) is 12.1 Å². The third-order valence-electron chi connectivity index (χ3n) is 3.06. The number of hydrogen-bond acceptors (Lipinski definition) is 2. The lowest BCUT2D eigenvalue weighted by Crippen LogP contribution is -2.49. The molecule has 23 heavy (non-hydrogen) atoms. The molecule has 1 aromatic carbocycles. The molecule has 0 aliphatic carbocycles. The van der Waals surface area contributed by atoms with Gasteiger partial charge in [-0.2, -0.15) is 13.2 Å². The van der Waals surface area contributed by atoms with E-state index in [0.29, 0.717) is 12.0 Å². The Morgan fingerprint density at radius 1 is 1.26 bits per heavy atom. The minimum Gasteiger partial charge on any atom is -0.352 e. The Balaban J connectivity index is 2.71. The largest absolute Gasteiger partial charge is 0.416 e. The van der Waals surface area contributed by atoms with Crippen LogP contribution in [-0.4, -0.2) is 18.0 Å². The lowest BCUT2D eigenvalue weighted by molar-refractivity contribution is -0.137. The van der Waals surface area contributed by atoms with Crippen LogP contribution < -0.4 is 16.4 Å². The molecule has 5 nitrogen and oxygen atoms in total. The number of rotatable bonds is 6. The standard InChI is InChI=1S/C15H20F3N3O2/c1-9(2)6-12(21-14(19)23)13(22)20-8-10-4-3-5-11(7-10)15(16,17)18/h3-5,7,9,12H,6,8H2,1-2H3,(H,20,22)(H3,19,21,23)/t12-/m1/s1. The second kappa shape index (κ2) is 7.85. The van der Waals surface area contributed by atoms with E-state index in [1.54, 1.807) is 0 Å². The quantitative estimate of drug-likeness (QED) is 0.748. The molecule has 128 valence electrons. The summed E-state index contributed by atoms with van der Waals surface area (Å²) in [5, 5.41) is 4.84. The van der Waals surface area contributed by atoms with Gasteiger partial charge in [-0.3, -0.25) is 4.79 Å². The highest BCUT2D eigenvalue weighted by atomic mass is 19.4. The van der Waals surface area contributed by atoms with E-state index in [9.17, 15) is 22.8 Å². The minimum absolute atomic E-state index is 0.0716. The van der Waals surface area contributed by atoms with Gasteiger partial charge in [-0.25, -0.2) is 4.79 Å². The molecule has 1 aromatic rings. The summed E-state index contributed by atoms with van der Waals surface area (Å²) in [5.74, 6) is -0.360.